The highest BCUT2D eigenvalue weighted by Crippen LogP contribution is 2.20. The summed E-state index contributed by atoms with van der Waals surface area (Å²) in [6.45, 7) is 6.01. The van der Waals surface area contributed by atoms with Crippen LogP contribution in [0, 0.1) is 12.8 Å². The minimum Gasteiger partial charge on any atom is -0.338 e. The highest BCUT2D eigenvalue weighted by Gasteiger charge is 2.28. The van der Waals surface area contributed by atoms with Crippen molar-refractivity contribution < 1.29 is 0 Å². The Hall–Kier alpha value is -1.62. The minimum absolute atomic E-state index is 0.225. The van der Waals surface area contributed by atoms with Gasteiger partial charge in [0.1, 0.15) is 0 Å². The number of fused-ring (bicyclic) bond motifs is 1. The van der Waals surface area contributed by atoms with E-state index in [4.69, 9.17) is 5.73 Å². The quantitative estimate of drug-likeness (QED) is 0.789. The van der Waals surface area contributed by atoms with Crippen molar-refractivity contribution in [3.63, 3.8) is 0 Å². The van der Waals surface area contributed by atoms with E-state index in [2.05, 4.69) is 28.8 Å². The minimum atomic E-state index is 0.225. The van der Waals surface area contributed by atoms with Crippen molar-refractivity contribution in [2.75, 3.05) is 18.0 Å². The zero-order chi connectivity index (χ0) is 12.0. The molecule has 1 aliphatic heterocycles. The van der Waals surface area contributed by atoms with Gasteiger partial charge >= 0.3 is 0 Å². The third-order valence-corrected chi connectivity index (χ3v) is 3.42. The molecule has 5 nitrogen and oxygen atoms in total. The van der Waals surface area contributed by atoms with Crippen LogP contribution in [0.3, 0.4) is 0 Å². The number of pyridine rings is 1. The molecule has 2 N–H and O–H groups in total. The summed E-state index contributed by atoms with van der Waals surface area (Å²) in [7, 11) is 0. The van der Waals surface area contributed by atoms with Crippen LogP contribution >= 0.6 is 0 Å². The van der Waals surface area contributed by atoms with Gasteiger partial charge < -0.3 is 10.6 Å². The Kier molecular flexibility index (Phi) is 2.29. The van der Waals surface area contributed by atoms with Crippen LogP contribution in [-0.4, -0.2) is 33.7 Å². The van der Waals surface area contributed by atoms with Crippen molar-refractivity contribution in [3.8, 4) is 0 Å². The first-order valence-electron chi connectivity index (χ1n) is 5.97. The number of anilines is 1. The van der Waals surface area contributed by atoms with Crippen molar-refractivity contribution in [1.82, 2.24) is 14.6 Å². The summed E-state index contributed by atoms with van der Waals surface area (Å²) in [5, 5.41) is 4.50. The Morgan fingerprint density at radius 3 is 2.88 bits per heavy atom. The van der Waals surface area contributed by atoms with E-state index in [1.807, 2.05) is 22.8 Å². The molecular weight excluding hydrogens is 214 g/mol. The van der Waals surface area contributed by atoms with E-state index >= 15 is 0 Å². The maximum Gasteiger partial charge on any atom is 0.245 e. The fourth-order valence-electron chi connectivity index (χ4n) is 2.26. The second-order valence-electron chi connectivity index (χ2n) is 4.97. The third-order valence-electron chi connectivity index (χ3n) is 3.42. The van der Waals surface area contributed by atoms with Crippen LogP contribution in [0.4, 0.5) is 5.95 Å². The van der Waals surface area contributed by atoms with E-state index in [1.165, 1.54) is 5.56 Å². The molecule has 90 valence electrons. The number of rotatable bonds is 1. The predicted molar refractivity (Wildman–Crippen MR) is 67.1 cm³/mol. The van der Waals surface area contributed by atoms with E-state index in [-0.39, 0.29) is 6.04 Å². The lowest BCUT2D eigenvalue weighted by Crippen LogP contribution is -2.28. The van der Waals surface area contributed by atoms with Crippen molar-refractivity contribution in [3.05, 3.63) is 23.9 Å². The molecule has 2 atom stereocenters. The van der Waals surface area contributed by atoms with Crippen molar-refractivity contribution >= 4 is 11.6 Å². The molecule has 0 bridgehead atoms. The first-order chi connectivity index (χ1) is 8.13. The van der Waals surface area contributed by atoms with E-state index in [0.717, 1.165) is 24.7 Å². The van der Waals surface area contributed by atoms with Crippen LogP contribution in [0.5, 0.6) is 0 Å². The van der Waals surface area contributed by atoms with Gasteiger partial charge in [0.15, 0.2) is 5.65 Å². The van der Waals surface area contributed by atoms with Gasteiger partial charge in [-0.25, -0.2) is 4.52 Å². The Morgan fingerprint density at radius 1 is 1.35 bits per heavy atom. The molecule has 0 radical (unpaired) electrons. The van der Waals surface area contributed by atoms with Crippen LogP contribution in [0.2, 0.25) is 0 Å². The van der Waals surface area contributed by atoms with Gasteiger partial charge in [-0.3, -0.25) is 0 Å². The first kappa shape index (κ1) is 10.5. The molecule has 1 saturated heterocycles. The molecule has 1 aliphatic rings. The smallest absolute Gasteiger partial charge is 0.245 e. The molecule has 0 amide bonds. The fourth-order valence-corrected chi connectivity index (χ4v) is 2.26. The van der Waals surface area contributed by atoms with Crippen LogP contribution in [0.25, 0.3) is 5.65 Å². The number of aromatic nitrogens is 3. The van der Waals surface area contributed by atoms with Crippen molar-refractivity contribution in [2.24, 2.45) is 11.7 Å². The zero-order valence-electron chi connectivity index (χ0n) is 10.2. The number of nitrogens with zero attached hydrogens (tertiary/aromatic N) is 4. The van der Waals surface area contributed by atoms with Gasteiger partial charge in [0, 0.05) is 25.3 Å². The lowest BCUT2D eigenvalue weighted by atomic mass is 10.1. The summed E-state index contributed by atoms with van der Waals surface area (Å²) in [6, 6.07) is 4.26. The van der Waals surface area contributed by atoms with Crippen LogP contribution in [-0.2, 0) is 0 Å². The Bertz CT molecular complexity index is 537. The number of nitrogens with two attached hydrogens (primary N) is 1. The molecule has 0 spiro atoms. The normalized spacial score (nSPS) is 24.8. The molecule has 3 heterocycles. The van der Waals surface area contributed by atoms with Gasteiger partial charge in [-0.1, -0.05) is 13.0 Å². The Labute approximate surface area is 100 Å². The summed E-state index contributed by atoms with van der Waals surface area (Å²) in [5.74, 6) is 1.29. The second-order valence-corrected chi connectivity index (χ2v) is 4.97. The Morgan fingerprint density at radius 2 is 2.18 bits per heavy atom. The standard InChI is InChI=1S/C12H17N5/c1-8-3-4-11-14-12(15-17(11)5-8)16-6-9(2)10(13)7-16/h3-5,9-10H,6-7,13H2,1-2H3. The van der Waals surface area contributed by atoms with Gasteiger partial charge in [0.2, 0.25) is 5.95 Å². The average molecular weight is 231 g/mol. The summed E-state index contributed by atoms with van der Waals surface area (Å²) in [5.41, 5.74) is 8.09. The lowest BCUT2D eigenvalue weighted by Gasteiger charge is -2.11. The van der Waals surface area contributed by atoms with Gasteiger partial charge in [-0.15, -0.1) is 5.10 Å². The van der Waals surface area contributed by atoms with Gasteiger partial charge in [0.05, 0.1) is 0 Å². The number of hydrogen-bond acceptors (Lipinski definition) is 4. The van der Waals surface area contributed by atoms with Crippen LogP contribution in [0.15, 0.2) is 18.3 Å². The zero-order valence-corrected chi connectivity index (χ0v) is 10.2. The topological polar surface area (TPSA) is 59.5 Å². The highest BCUT2D eigenvalue weighted by molar-refractivity contribution is 5.46. The maximum absolute atomic E-state index is 6.02. The molecule has 0 aliphatic carbocycles. The van der Waals surface area contributed by atoms with Gasteiger partial charge in [-0.05, 0) is 24.5 Å². The van der Waals surface area contributed by atoms with Crippen LogP contribution < -0.4 is 10.6 Å². The molecule has 2 aromatic heterocycles. The van der Waals surface area contributed by atoms with Gasteiger partial charge in [-0.2, -0.15) is 4.98 Å². The van der Waals surface area contributed by atoms with E-state index in [9.17, 15) is 0 Å². The van der Waals surface area contributed by atoms with Gasteiger partial charge in [0.25, 0.3) is 0 Å². The van der Waals surface area contributed by atoms with Crippen molar-refractivity contribution in [2.45, 2.75) is 19.9 Å². The molecule has 5 heteroatoms. The van der Waals surface area contributed by atoms with Crippen molar-refractivity contribution in [1.29, 1.82) is 0 Å². The molecule has 2 aromatic rings. The highest BCUT2D eigenvalue weighted by atomic mass is 15.4. The van der Waals surface area contributed by atoms with E-state index < -0.39 is 0 Å². The predicted octanol–water partition coefficient (Wildman–Crippen LogP) is 0.821. The molecule has 1 fully saturated rings. The Balaban J connectivity index is 1.96. The summed E-state index contributed by atoms with van der Waals surface area (Å²) >= 11 is 0. The summed E-state index contributed by atoms with van der Waals surface area (Å²) in [4.78, 5) is 6.69. The second kappa shape index (κ2) is 3.70. The van der Waals surface area contributed by atoms with E-state index in [0.29, 0.717) is 5.92 Å². The monoisotopic (exact) mass is 231 g/mol. The van der Waals surface area contributed by atoms with E-state index in [1.54, 1.807) is 0 Å². The SMILES string of the molecule is Cc1ccc2nc(N3CC(C)C(N)C3)nn2c1. The van der Waals surface area contributed by atoms with Crippen LogP contribution in [0.1, 0.15) is 12.5 Å². The molecular formula is C12H17N5. The number of hydrogen-bond donors (Lipinski definition) is 1. The molecule has 0 aromatic carbocycles. The fraction of sp³-hybridized carbons (Fsp3) is 0.500. The number of aryl methyl sites for hydroxylation is 1. The summed E-state index contributed by atoms with van der Waals surface area (Å²) < 4.78 is 1.83. The molecule has 3 rings (SSSR count). The molecule has 17 heavy (non-hydrogen) atoms. The summed E-state index contributed by atoms with van der Waals surface area (Å²) in [6.07, 6.45) is 1.99. The largest absolute Gasteiger partial charge is 0.338 e. The molecule has 0 saturated carbocycles. The maximum atomic E-state index is 6.02. The lowest BCUT2D eigenvalue weighted by molar-refractivity contribution is 0.566. The average Bonchev–Trinajstić information content (AvgIpc) is 2.83. The first-order valence-corrected chi connectivity index (χ1v) is 5.97. The third kappa shape index (κ3) is 1.76. The molecule has 2 unspecified atom stereocenters.